The van der Waals surface area contributed by atoms with Crippen LogP contribution < -0.4 is 0 Å². The molecule has 0 aromatic carbocycles. The Morgan fingerprint density at radius 3 is 0.877 bits per heavy atom. The summed E-state index contributed by atoms with van der Waals surface area (Å²) in [5, 5.41) is 0. The molecule has 0 aromatic rings. The first-order chi connectivity index (χ1) is 36.0. The van der Waals surface area contributed by atoms with Gasteiger partial charge in [0.1, 0.15) is 13.2 Å². The Kier molecular flexibility index (Phi) is 57.4. The van der Waals surface area contributed by atoms with Gasteiger partial charge in [-0.15, -0.1) is 0 Å². The lowest BCUT2D eigenvalue weighted by molar-refractivity contribution is -0.167. The predicted molar refractivity (Wildman–Crippen MR) is 316 cm³/mol. The molecule has 6 nitrogen and oxygen atoms in total. The van der Waals surface area contributed by atoms with Crippen LogP contribution in [0, 0.1) is 0 Å². The van der Waals surface area contributed by atoms with E-state index in [1.807, 2.05) is 0 Å². The van der Waals surface area contributed by atoms with Gasteiger partial charge in [0.15, 0.2) is 6.10 Å². The van der Waals surface area contributed by atoms with Crippen LogP contribution in [0.15, 0.2) is 109 Å². The highest BCUT2D eigenvalue weighted by molar-refractivity contribution is 5.71. The Morgan fingerprint density at radius 1 is 0.288 bits per heavy atom. The standard InChI is InChI=1S/C67H112O6/c1-4-7-10-13-16-19-22-24-26-28-30-31-32-33-34-35-37-38-40-42-45-48-51-54-57-60-66(69)72-63-64(62-71-65(68)59-56-53-50-47-44-21-18-15-12-9-6-3)73-67(70)61-58-55-52-49-46-43-41-39-36-29-27-25-23-20-17-14-11-8-5-2/h7,10,16-17,19-20,24-27,30-31,33-34,37-38,42,45,64H,4-6,8-9,11-15,18,21-23,28-29,32,35-36,39-41,43-44,46-63H2,1-3H3/b10-7-,19-16-,20-17-,26-24-,27-25-,31-30-,34-33-,38-37-,45-42-. The summed E-state index contributed by atoms with van der Waals surface area (Å²) in [6.45, 7) is 6.47. The first-order valence-corrected chi connectivity index (χ1v) is 30.4. The number of carbonyl (C=O) groups is 3. The number of carbonyl (C=O) groups excluding carboxylic acids is 3. The average molecular weight is 1010 g/mol. The van der Waals surface area contributed by atoms with Gasteiger partial charge in [-0.1, -0.05) is 259 Å². The molecule has 1 unspecified atom stereocenters. The Hall–Kier alpha value is -3.93. The SMILES string of the molecule is CC/C=C\C/C=C\C/C=C\C/C=C\C/C=C\C/C=C\C/C=C\CCCCCC(=O)OCC(COC(=O)CCCCCCCCCCCCC)OC(=O)CCCCCCCCCCC/C=C\C/C=C\CCCCC. The zero-order chi connectivity index (χ0) is 52.9. The summed E-state index contributed by atoms with van der Waals surface area (Å²) in [5.74, 6) is -0.925. The van der Waals surface area contributed by atoms with Crippen LogP contribution in [0.1, 0.15) is 278 Å². The van der Waals surface area contributed by atoms with Gasteiger partial charge in [0, 0.05) is 19.3 Å². The molecule has 0 aliphatic heterocycles. The number of allylic oxidation sites excluding steroid dienone is 18. The van der Waals surface area contributed by atoms with Gasteiger partial charge in [0.05, 0.1) is 0 Å². The highest BCUT2D eigenvalue weighted by atomic mass is 16.6. The fourth-order valence-electron chi connectivity index (χ4n) is 8.22. The summed E-state index contributed by atoms with van der Waals surface area (Å²) in [6, 6.07) is 0. The first kappa shape index (κ1) is 69.1. The van der Waals surface area contributed by atoms with E-state index in [1.54, 1.807) is 0 Å². The van der Waals surface area contributed by atoms with Crippen molar-refractivity contribution in [3.8, 4) is 0 Å². The van der Waals surface area contributed by atoms with E-state index in [1.165, 1.54) is 122 Å². The van der Waals surface area contributed by atoms with Crippen LogP contribution in [0.4, 0.5) is 0 Å². The molecular formula is C67H112O6. The fraction of sp³-hybridized carbons (Fsp3) is 0.687. The second kappa shape index (κ2) is 60.6. The molecule has 0 saturated heterocycles. The van der Waals surface area contributed by atoms with E-state index < -0.39 is 6.10 Å². The third-order valence-corrected chi connectivity index (χ3v) is 12.8. The Bertz CT molecular complexity index is 1490. The maximum atomic E-state index is 12.9. The molecule has 0 aliphatic rings. The molecule has 0 aromatic heterocycles. The summed E-state index contributed by atoms with van der Waals surface area (Å²) < 4.78 is 16.9. The minimum Gasteiger partial charge on any atom is -0.462 e. The van der Waals surface area contributed by atoms with E-state index in [-0.39, 0.29) is 31.1 Å². The third-order valence-electron chi connectivity index (χ3n) is 12.8. The van der Waals surface area contributed by atoms with Gasteiger partial charge in [-0.05, 0) is 109 Å². The number of esters is 3. The number of hydrogen-bond donors (Lipinski definition) is 0. The fourth-order valence-corrected chi connectivity index (χ4v) is 8.22. The largest absolute Gasteiger partial charge is 0.462 e. The molecule has 0 N–H and O–H groups in total. The maximum absolute atomic E-state index is 12.9. The Morgan fingerprint density at radius 2 is 0.534 bits per heavy atom. The minimum absolute atomic E-state index is 0.0897. The molecule has 0 heterocycles. The molecule has 0 bridgehead atoms. The van der Waals surface area contributed by atoms with Crippen molar-refractivity contribution < 1.29 is 28.6 Å². The number of rotatable bonds is 54. The van der Waals surface area contributed by atoms with Crippen LogP contribution >= 0.6 is 0 Å². The summed E-state index contributed by atoms with van der Waals surface area (Å²) in [7, 11) is 0. The highest BCUT2D eigenvalue weighted by Crippen LogP contribution is 2.15. The summed E-state index contributed by atoms with van der Waals surface area (Å²) >= 11 is 0. The molecular weight excluding hydrogens is 901 g/mol. The second-order valence-electron chi connectivity index (χ2n) is 19.9. The van der Waals surface area contributed by atoms with Crippen molar-refractivity contribution in [2.24, 2.45) is 0 Å². The quantitative estimate of drug-likeness (QED) is 0.0261. The molecule has 0 aliphatic carbocycles. The van der Waals surface area contributed by atoms with Crippen molar-refractivity contribution in [2.45, 2.75) is 284 Å². The lowest BCUT2D eigenvalue weighted by Gasteiger charge is -2.18. The van der Waals surface area contributed by atoms with E-state index in [4.69, 9.17) is 14.2 Å². The summed E-state index contributed by atoms with van der Waals surface area (Å²) in [6.07, 6.45) is 82.2. The zero-order valence-electron chi connectivity index (χ0n) is 47.6. The monoisotopic (exact) mass is 1010 g/mol. The van der Waals surface area contributed by atoms with Crippen molar-refractivity contribution in [1.29, 1.82) is 0 Å². The van der Waals surface area contributed by atoms with Gasteiger partial charge in [-0.2, -0.15) is 0 Å². The molecule has 0 spiro atoms. The van der Waals surface area contributed by atoms with E-state index in [9.17, 15) is 14.4 Å². The van der Waals surface area contributed by atoms with Crippen molar-refractivity contribution in [3.63, 3.8) is 0 Å². The second-order valence-corrected chi connectivity index (χ2v) is 19.9. The van der Waals surface area contributed by atoms with Gasteiger partial charge in [0.25, 0.3) is 0 Å². The van der Waals surface area contributed by atoms with E-state index >= 15 is 0 Å². The number of hydrogen-bond acceptors (Lipinski definition) is 6. The summed E-state index contributed by atoms with van der Waals surface area (Å²) in [5.41, 5.74) is 0. The van der Waals surface area contributed by atoms with Crippen molar-refractivity contribution >= 4 is 17.9 Å². The average Bonchev–Trinajstić information content (AvgIpc) is 3.39. The smallest absolute Gasteiger partial charge is 0.306 e. The molecule has 0 rings (SSSR count). The van der Waals surface area contributed by atoms with Crippen LogP contribution in [0.25, 0.3) is 0 Å². The maximum Gasteiger partial charge on any atom is 0.306 e. The van der Waals surface area contributed by atoms with E-state index in [0.717, 1.165) is 116 Å². The first-order valence-electron chi connectivity index (χ1n) is 30.4. The molecule has 416 valence electrons. The van der Waals surface area contributed by atoms with Crippen molar-refractivity contribution in [3.05, 3.63) is 109 Å². The van der Waals surface area contributed by atoms with Crippen LogP contribution in [-0.4, -0.2) is 37.2 Å². The van der Waals surface area contributed by atoms with Crippen LogP contribution in [-0.2, 0) is 28.6 Å². The van der Waals surface area contributed by atoms with Crippen LogP contribution in [0.5, 0.6) is 0 Å². The number of ether oxygens (including phenoxy) is 3. The van der Waals surface area contributed by atoms with Crippen LogP contribution in [0.3, 0.4) is 0 Å². The van der Waals surface area contributed by atoms with E-state index in [0.29, 0.717) is 19.3 Å². The van der Waals surface area contributed by atoms with E-state index in [2.05, 4.69) is 130 Å². The molecule has 0 fully saturated rings. The van der Waals surface area contributed by atoms with Crippen molar-refractivity contribution in [1.82, 2.24) is 0 Å². The van der Waals surface area contributed by atoms with Crippen LogP contribution in [0.2, 0.25) is 0 Å². The molecule has 6 heteroatoms. The molecule has 0 amide bonds. The Balaban J connectivity index is 4.39. The molecule has 1 atom stereocenters. The lowest BCUT2D eigenvalue weighted by atomic mass is 10.1. The third kappa shape index (κ3) is 58.8. The van der Waals surface area contributed by atoms with Gasteiger partial charge >= 0.3 is 17.9 Å². The molecule has 0 radical (unpaired) electrons. The molecule has 73 heavy (non-hydrogen) atoms. The van der Waals surface area contributed by atoms with Gasteiger partial charge in [-0.3, -0.25) is 14.4 Å². The minimum atomic E-state index is -0.795. The lowest BCUT2D eigenvalue weighted by Crippen LogP contribution is -2.30. The highest BCUT2D eigenvalue weighted by Gasteiger charge is 2.19. The molecule has 0 saturated carbocycles. The normalized spacial score (nSPS) is 12.9. The van der Waals surface area contributed by atoms with Gasteiger partial charge in [-0.25, -0.2) is 0 Å². The van der Waals surface area contributed by atoms with Gasteiger partial charge < -0.3 is 14.2 Å². The van der Waals surface area contributed by atoms with Gasteiger partial charge in [0.2, 0.25) is 0 Å². The predicted octanol–water partition coefficient (Wildman–Crippen LogP) is 20.7. The zero-order valence-corrected chi connectivity index (χ0v) is 47.6. The Labute approximate surface area is 450 Å². The van der Waals surface area contributed by atoms with Crippen molar-refractivity contribution in [2.75, 3.05) is 13.2 Å². The topological polar surface area (TPSA) is 78.9 Å². The summed E-state index contributed by atoms with van der Waals surface area (Å²) in [4.78, 5) is 38.2. The number of unbranched alkanes of at least 4 members (excludes halogenated alkanes) is 25.